The normalized spacial score (nSPS) is 16.4. The van der Waals surface area contributed by atoms with E-state index in [1.54, 1.807) is 30.3 Å². The summed E-state index contributed by atoms with van der Waals surface area (Å²) in [4.78, 5) is 13.3. The molecule has 3 aromatic rings. The summed E-state index contributed by atoms with van der Waals surface area (Å²) < 4.78 is 27.8. The number of fused-ring (bicyclic) bond motifs is 1. The highest BCUT2D eigenvalue weighted by Gasteiger charge is 2.45. The summed E-state index contributed by atoms with van der Waals surface area (Å²) in [6, 6.07) is 20.7. The molecule has 0 fully saturated rings. The van der Waals surface area contributed by atoms with Gasteiger partial charge < -0.3 is 0 Å². The van der Waals surface area contributed by atoms with Crippen LogP contribution < -0.4 is 0 Å². The number of hydrogen-bond acceptors (Lipinski definition) is 3. The highest BCUT2D eigenvalue weighted by atomic mass is 32.2. The Balaban J connectivity index is 1.93. The Labute approximate surface area is 159 Å². The third kappa shape index (κ3) is 2.84. The number of sulfonamides is 1. The molecule has 1 amide bonds. The van der Waals surface area contributed by atoms with Gasteiger partial charge in [-0.25, -0.2) is 12.7 Å². The lowest BCUT2D eigenvalue weighted by molar-refractivity contribution is 0.0865. The highest BCUT2D eigenvalue weighted by molar-refractivity contribution is 7.89. The van der Waals surface area contributed by atoms with Gasteiger partial charge in [-0.3, -0.25) is 4.79 Å². The Morgan fingerprint density at radius 2 is 1.44 bits per heavy atom. The van der Waals surface area contributed by atoms with E-state index in [-0.39, 0.29) is 4.90 Å². The predicted molar refractivity (Wildman–Crippen MR) is 104 cm³/mol. The highest BCUT2D eigenvalue weighted by Crippen LogP contribution is 2.42. The fourth-order valence-electron chi connectivity index (χ4n) is 3.48. The summed E-state index contributed by atoms with van der Waals surface area (Å²) in [6.45, 7) is 3.78. The molecule has 0 saturated heterocycles. The second-order valence-electron chi connectivity index (χ2n) is 6.82. The monoisotopic (exact) mass is 377 g/mol. The van der Waals surface area contributed by atoms with E-state index in [1.807, 2.05) is 56.3 Å². The van der Waals surface area contributed by atoms with E-state index in [4.69, 9.17) is 0 Å². The molecule has 0 aromatic heterocycles. The summed E-state index contributed by atoms with van der Waals surface area (Å²) in [6.07, 6.45) is 0. The van der Waals surface area contributed by atoms with Crippen molar-refractivity contribution >= 4 is 15.9 Å². The lowest BCUT2D eigenvalue weighted by Gasteiger charge is -2.25. The zero-order chi connectivity index (χ0) is 19.2. The maximum absolute atomic E-state index is 13.4. The van der Waals surface area contributed by atoms with Crippen LogP contribution in [0.2, 0.25) is 0 Å². The minimum Gasteiger partial charge on any atom is -0.268 e. The molecule has 0 saturated carbocycles. The van der Waals surface area contributed by atoms with Gasteiger partial charge in [0.15, 0.2) is 0 Å². The van der Waals surface area contributed by atoms with Crippen molar-refractivity contribution < 1.29 is 13.2 Å². The average Bonchev–Trinajstić information content (AvgIpc) is 2.95. The van der Waals surface area contributed by atoms with Crippen molar-refractivity contribution in [3.63, 3.8) is 0 Å². The molecule has 0 unspecified atom stereocenters. The van der Waals surface area contributed by atoms with Crippen LogP contribution in [-0.4, -0.2) is 18.6 Å². The van der Waals surface area contributed by atoms with E-state index < -0.39 is 22.0 Å². The van der Waals surface area contributed by atoms with Gasteiger partial charge in [0.05, 0.1) is 10.9 Å². The van der Waals surface area contributed by atoms with Gasteiger partial charge in [0.2, 0.25) is 0 Å². The summed E-state index contributed by atoms with van der Waals surface area (Å²) in [5, 5.41) is 0. The fraction of sp³-hybridized carbons (Fsp3) is 0.136. The van der Waals surface area contributed by atoms with Crippen LogP contribution in [0, 0.1) is 13.8 Å². The fourth-order valence-corrected chi connectivity index (χ4v) is 5.01. The van der Waals surface area contributed by atoms with Crippen molar-refractivity contribution in [3.05, 3.63) is 101 Å². The Kier molecular flexibility index (Phi) is 4.12. The van der Waals surface area contributed by atoms with Gasteiger partial charge in [0.25, 0.3) is 15.9 Å². The van der Waals surface area contributed by atoms with Crippen molar-refractivity contribution in [2.45, 2.75) is 24.8 Å². The first-order valence-electron chi connectivity index (χ1n) is 8.70. The van der Waals surface area contributed by atoms with E-state index in [1.165, 1.54) is 0 Å². The lowest BCUT2D eigenvalue weighted by atomic mass is 9.97. The molecule has 4 nitrogen and oxygen atoms in total. The summed E-state index contributed by atoms with van der Waals surface area (Å²) >= 11 is 0. The number of carbonyl (C=O) groups is 1. The van der Waals surface area contributed by atoms with Gasteiger partial charge in [0, 0.05) is 5.56 Å². The maximum atomic E-state index is 13.4. The Hall–Kier alpha value is -2.92. The molecule has 0 radical (unpaired) electrons. The molecular weight excluding hydrogens is 358 g/mol. The molecule has 3 aromatic carbocycles. The van der Waals surface area contributed by atoms with Crippen LogP contribution in [0.4, 0.5) is 0 Å². The zero-order valence-corrected chi connectivity index (χ0v) is 15.9. The van der Waals surface area contributed by atoms with Crippen LogP contribution in [0.25, 0.3) is 0 Å². The van der Waals surface area contributed by atoms with Gasteiger partial charge in [0.1, 0.15) is 0 Å². The lowest BCUT2D eigenvalue weighted by Crippen LogP contribution is -2.35. The molecule has 0 N–H and O–H groups in total. The Morgan fingerprint density at radius 3 is 2.11 bits per heavy atom. The van der Waals surface area contributed by atoms with Crippen molar-refractivity contribution in [2.75, 3.05) is 0 Å². The first-order valence-corrected chi connectivity index (χ1v) is 10.1. The number of rotatable bonds is 3. The van der Waals surface area contributed by atoms with E-state index >= 15 is 0 Å². The van der Waals surface area contributed by atoms with E-state index in [0.29, 0.717) is 11.1 Å². The van der Waals surface area contributed by atoms with E-state index in [2.05, 4.69) is 0 Å². The molecular formula is C22H19NO3S. The molecule has 27 heavy (non-hydrogen) atoms. The van der Waals surface area contributed by atoms with Crippen molar-refractivity contribution in [3.8, 4) is 0 Å². The number of benzene rings is 3. The van der Waals surface area contributed by atoms with Crippen LogP contribution in [0.15, 0.2) is 77.7 Å². The van der Waals surface area contributed by atoms with Gasteiger partial charge in [-0.05, 0) is 43.2 Å². The largest absolute Gasteiger partial charge is 0.268 e. The third-order valence-corrected chi connectivity index (χ3v) is 6.62. The van der Waals surface area contributed by atoms with Gasteiger partial charge in [-0.15, -0.1) is 0 Å². The number of hydrogen-bond donors (Lipinski definition) is 0. The zero-order valence-electron chi connectivity index (χ0n) is 15.1. The van der Waals surface area contributed by atoms with Crippen molar-refractivity contribution in [1.82, 2.24) is 4.31 Å². The van der Waals surface area contributed by atoms with E-state index in [0.717, 1.165) is 21.0 Å². The van der Waals surface area contributed by atoms with Crippen LogP contribution in [0.5, 0.6) is 0 Å². The predicted octanol–water partition coefficient (Wildman–Crippen LogP) is 4.24. The van der Waals surface area contributed by atoms with Crippen LogP contribution in [0.1, 0.15) is 38.7 Å². The molecule has 0 bridgehead atoms. The topological polar surface area (TPSA) is 54.5 Å². The smallest absolute Gasteiger partial charge is 0.268 e. The molecule has 4 rings (SSSR count). The molecule has 1 heterocycles. The third-order valence-electron chi connectivity index (χ3n) is 4.86. The van der Waals surface area contributed by atoms with Gasteiger partial charge >= 0.3 is 0 Å². The number of aryl methyl sites for hydroxylation is 2. The summed E-state index contributed by atoms with van der Waals surface area (Å²) in [5.41, 5.74) is 3.81. The SMILES string of the molecule is Cc1ccc(S(=O)(=O)N2C(=O)c3cc(C)ccc3[C@@H]2c2ccccc2)cc1. The summed E-state index contributed by atoms with van der Waals surface area (Å²) in [7, 11) is -4.00. The first kappa shape index (κ1) is 17.5. The van der Waals surface area contributed by atoms with Gasteiger partial charge in [-0.2, -0.15) is 0 Å². The quantitative estimate of drug-likeness (QED) is 0.686. The molecule has 1 atom stereocenters. The Bertz CT molecular complexity index is 1120. The standard InChI is InChI=1S/C22H19NO3S/c1-15-8-11-18(12-9-15)27(25,26)23-21(17-6-4-3-5-7-17)19-13-10-16(2)14-20(19)22(23)24/h3-14,21H,1-2H3/t21-/m0/s1. The molecule has 0 aliphatic carbocycles. The van der Waals surface area contributed by atoms with E-state index in [9.17, 15) is 13.2 Å². The van der Waals surface area contributed by atoms with Gasteiger partial charge in [-0.1, -0.05) is 65.7 Å². The second kappa shape index (κ2) is 6.35. The maximum Gasteiger partial charge on any atom is 0.268 e. The number of nitrogens with zero attached hydrogens (tertiary/aromatic N) is 1. The average molecular weight is 377 g/mol. The minimum atomic E-state index is -4.00. The first-order chi connectivity index (χ1) is 12.9. The molecule has 1 aliphatic heterocycles. The van der Waals surface area contributed by atoms with Crippen LogP contribution in [0.3, 0.4) is 0 Å². The van der Waals surface area contributed by atoms with Crippen LogP contribution in [-0.2, 0) is 10.0 Å². The molecule has 0 spiro atoms. The van der Waals surface area contributed by atoms with Crippen LogP contribution >= 0.6 is 0 Å². The molecule has 136 valence electrons. The Morgan fingerprint density at radius 1 is 0.815 bits per heavy atom. The van der Waals surface area contributed by atoms with Crippen molar-refractivity contribution in [2.24, 2.45) is 0 Å². The van der Waals surface area contributed by atoms with Crippen molar-refractivity contribution in [1.29, 1.82) is 0 Å². The number of carbonyl (C=O) groups excluding carboxylic acids is 1. The second-order valence-corrected chi connectivity index (χ2v) is 8.64. The number of amides is 1. The molecule has 1 aliphatic rings. The molecule has 5 heteroatoms. The minimum absolute atomic E-state index is 0.118. The summed E-state index contributed by atoms with van der Waals surface area (Å²) in [5.74, 6) is -0.483.